The molecule has 3 rings (SSSR count). The highest BCUT2D eigenvalue weighted by Crippen LogP contribution is 2.66. The minimum Gasteiger partial charge on any atom is -0.502 e. The lowest BCUT2D eigenvalue weighted by molar-refractivity contribution is -0.156. The Morgan fingerprint density at radius 3 is 2.27 bits per heavy atom. The van der Waals surface area contributed by atoms with E-state index in [4.69, 9.17) is 14.2 Å². The first kappa shape index (κ1) is 18.9. The molecular weight excluding hydrogens is 332 g/mol. The van der Waals surface area contributed by atoms with Crippen molar-refractivity contribution in [1.82, 2.24) is 0 Å². The van der Waals surface area contributed by atoms with E-state index in [9.17, 15) is 9.90 Å². The van der Waals surface area contributed by atoms with E-state index in [2.05, 4.69) is 20.8 Å². The molecule has 0 unspecified atom stereocenters. The zero-order valence-corrected chi connectivity index (χ0v) is 16.4. The number of phenols is 1. The van der Waals surface area contributed by atoms with Crippen LogP contribution in [0.15, 0.2) is 12.1 Å². The second kappa shape index (κ2) is 6.67. The third-order valence-electron chi connectivity index (χ3n) is 7.15. The molecule has 0 spiro atoms. The van der Waals surface area contributed by atoms with Crippen LogP contribution in [0.4, 0.5) is 0 Å². The maximum Gasteiger partial charge on any atom is 0.306 e. The van der Waals surface area contributed by atoms with Crippen LogP contribution in [-0.4, -0.2) is 31.4 Å². The van der Waals surface area contributed by atoms with Gasteiger partial charge in [0.2, 0.25) is 5.75 Å². The van der Waals surface area contributed by atoms with Gasteiger partial charge in [-0.2, -0.15) is 0 Å². The van der Waals surface area contributed by atoms with E-state index in [0.29, 0.717) is 30.3 Å². The molecule has 2 aliphatic rings. The number of benzene rings is 1. The Labute approximate surface area is 155 Å². The summed E-state index contributed by atoms with van der Waals surface area (Å²) in [4.78, 5) is 12.4. The van der Waals surface area contributed by atoms with Gasteiger partial charge in [0.15, 0.2) is 11.5 Å². The average Bonchev–Trinajstić information content (AvgIpc) is 2.94. The second-order valence-corrected chi connectivity index (χ2v) is 8.44. The lowest BCUT2D eigenvalue weighted by Gasteiger charge is -2.38. The number of carbonyl (C=O) groups is 1. The van der Waals surface area contributed by atoms with E-state index >= 15 is 0 Å². The van der Waals surface area contributed by atoms with Crippen LogP contribution in [0.3, 0.4) is 0 Å². The van der Waals surface area contributed by atoms with Gasteiger partial charge in [0.25, 0.3) is 0 Å². The smallest absolute Gasteiger partial charge is 0.306 e. The Kier molecular flexibility index (Phi) is 4.84. The molecule has 0 heterocycles. The quantitative estimate of drug-likeness (QED) is 0.772. The number of hydrogen-bond donors (Lipinski definition) is 1. The number of esters is 1. The molecule has 2 fully saturated rings. The fourth-order valence-corrected chi connectivity index (χ4v) is 4.86. The van der Waals surface area contributed by atoms with E-state index in [-0.39, 0.29) is 28.7 Å². The zero-order valence-electron chi connectivity index (χ0n) is 16.4. The number of phenolic OH excluding ortho intramolecular Hbond substituents is 1. The van der Waals surface area contributed by atoms with Crippen molar-refractivity contribution in [2.75, 3.05) is 14.2 Å². The van der Waals surface area contributed by atoms with Crippen LogP contribution in [0, 0.1) is 16.7 Å². The van der Waals surface area contributed by atoms with E-state index in [1.807, 2.05) is 0 Å². The number of ether oxygens (including phenoxy) is 3. The van der Waals surface area contributed by atoms with E-state index in [1.54, 1.807) is 12.1 Å². The molecule has 144 valence electrons. The van der Waals surface area contributed by atoms with Gasteiger partial charge in [0.1, 0.15) is 6.10 Å². The number of carbonyl (C=O) groups excluding carboxylic acids is 1. The monoisotopic (exact) mass is 362 g/mol. The zero-order chi connectivity index (χ0) is 19.1. The molecule has 0 amide bonds. The van der Waals surface area contributed by atoms with Crippen LogP contribution in [-0.2, 0) is 16.0 Å². The van der Waals surface area contributed by atoms with Gasteiger partial charge in [0.05, 0.1) is 14.2 Å². The molecule has 1 N–H and O–H groups in total. The topological polar surface area (TPSA) is 65.0 Å². The van der Waals surface area contributed by atoms with Crippen LogP contribution in [0.2, 0.25) is 0 Å². The fourth-order valence-electron chi connectivity index (χ4n) is 4.86. The van der Waals surface area contributed by atoms with Crippen LogP contribution in [0.1, 0.15) is 52.0 Å². The summed E-state index contributed by atoms with van der Waals surface area (Å²) < 4.78 is 16.2. The summed E-state index contributed by atoms with van der Waals surface area (Å²) in [7, 11) is 2.98. The Morgan fingerprint density at radius 1 is 1.19 bits per heavy atom. The summed E-state index contributed by atoms with van der Waals surface area (Å²) in [5, 5.41) is 9.98. The maximum absolute atomic E-state index is 12.4. The predicted molar refractivity (Wildman–Crippen MR) is 98.6 cm³/mol. The van der Waals surface area contributed by atoms with Crippen molar-refractivity contribution in [2.24, 2.45) is 16.7 Å². The lowest BCUT2D eigenvalue weighted by atomic mass is 9.70. The summed E-state index contributed by atoms with van der Waals surface area (Å²) in [6.45, 7) is 6.90. The van der Waals surface area contributed by atoms with Gasteiger partial charge in [-0.15, -0.1) is 0 Å². The van der Waals surface area contributed by atoms with Crippen LogP contribution in [0.5, 0.6) is 17.2 Å². The molecule has 0 aliphatic heterocycles. The first-order valence-electron chi connectivity index (χ1n) is 9.36. The van der Waals surface area contributed by atoms with Crippen LogP contribution in [0.25, 0.3) is 0 Å². The SMILES string of the molecule is COc1cc(CCC(=O)O[C@H]2C[C@H]3CC[C@]2(C)C3(C)C)cc(OC)c1O. The van der Waals surface area contributed by atoms with Crippen molar-refractivity contribution in [1.29, 1.82) is 0 Å². The van der Waals surface area contributed by atoms with Crippen molar-refractivity contribution in [3.8, 4) is 17.2 Å². The van der Waals surface area contributed by atoms with Gasteiger partial charge in [0, 0.05) is 11.8 Å². The van der Waals surface area contributed by atoms with Gasteiger partial charge in [-0.25, -0.2) is 0 Å². The Morgan fingerprint density at radius 2 is 1.81 bits per heavy atom. The lowest BCUT2D eigenvalue weighted by Crippen LogP contribution is -2.38. The molecule has 0 saturated heterocycles. The summed E-state index contributed by atoms with van der Waals surface area (Å²) in [6.07, 6.45) is 4.19. The minimum absolute atomic E-state index is 0.0210. The van der Waals surface area contributed by atoms with Gasteiger partial charge >= 0.3 is 5.97 Å². The van der Waals surface area contributed by atoms with Crippen molar-refractivity contribution >= 4 is 5.97 Å². The number of rotatable bonds is 6. The van der Waals surface area contributed by atoms with Crippen molar-refractivity contribution in [3.05, 3.63) is 17.7 Å². The summed E-state index contributed by atoms with van der Waals surface area (Å²) in [5.74, 6) is 1.14. The molecule has 26 heavy (non-hydrogen) atoms. The minimum atomic E-state index is -0.161. The van der Waals surface area contributed by atoms with E-state index in [0.717, 1.165) is 18.4 Å². The first-order valence-corrected chi connectivity index (χ1v) is 9.36. The second-order valence-electron chi connectivity index (χ2n) is 8.44. The summed E-state index contributed by atoms with van der Waals surface area (Å²) in [5.41, 5.74) is 1.18. The Balaban J connectivity index is 1.62. The molecular formula is C21H30O5. The number of fused-ring (bicyclic) bond motifs is 2. The van der Waals surface area contributed by atoms with E-state index in [1.165, 1.54) is 20.6 Å². The van der Waals surface area contributed by atoms with Crippen LogP contribution >= 0.6 is 0 Å². The third-order valence-corrected chi connectivity index (χ3v) is 7.15. The van der Waals surface area contributed by atoms with Gasteiger partial charge in [-0.05, 0) is 54.7 Å². The number of methoxy groups -OCH3 is 2. The van der Waals surface area contributed by atoms with Gasteiger partial charge in [-0.3, -0.25) is 4.79 Å². The van der Waals surface area contributed by atoms with Crippen LogP contribution < -0.4 is 9.47 Å². The van der Waals surface area contributed by atoms with Crippen molar-refractivity contribution in [3.63, 3.8) is 0 Å². The fraction of sp³-hybridized carbons (Fsp3) is 0.667. The molecule has 2 saturated carbocycles. The molecule has 5 heteroatoms. The predicted octanol–water partition coefficient (Wildman–Crippen LogP) is 4.10. The Bertz CT molecular complexity index is 671. The molecule has 2 aliphatic carbocycles. The van der Waals surface area contributed by atoms with Crippen molar-refractivity contribution in [2.45, 2.75) is 59.0 Å². The summed E-state index contributed by atoms with van der Waals surface area (Å²) >= 11 is 0. The Hall–Kier alpha value is -1.91. The van der Waals surface area contributed by atoms with E-state index < -0.39 is 0 Å². The highest BCUT2D eigenvalue weighted by molar-refractivity contribution is 5.70. The van der Waals surface area contributed by atoms with Crippen molar-refractivity contribution < 1.29 is 24.1 Å². The molecule has 1 aromatic rings. The van der Waals surface area contributed by atoms with Gasteiger partial charge < -0.3 is 19.3 Å². The molecule has 5 nitrogen and oxygen atoms in total. The first-order chi connectivity index (χ1) is 12.2. The average molecular weight is 362 g/mol. The molecule has 0 radical (unpaired) electrons. The largest absolute Gasteiger partial charge is 0.502 e. The maximum atomic E-state index is 12.4. The third kappa shape index (κ3) is 2.91. The molecule has 1 aromatic carbocycles. The number of aromatic hydroxyl groups is 1. The van der Waals surface area contributed by atoms with Gasteiger partial charge in [-0.1, -0.05) is 20.8 Å². The normalized spacial score (nSPS) is 28.8. The summed E-state index contributed by atoms with van der Waals surface area (Å²) in [6, 6.07) is 3.46. The number of aryl methyl sites for hydroxylation is 1. The molecule has 3 atom stereocenters. The molecule has 2 bridgehead atoms. The highest BCUT2D eigenvalue weighted by Gasteiger charge is 2.62. The number of hydrogen-bond acceptors (Lipinski definition) is 5. The molecule has 0 aromatic heterocycles. The standard InChI is InChI=1S/C21H30O5/c1-20(2)14-8-9-21(20,3)17(12-14)26-18(22)7-6-13-10-15(24-4)19(23)16(11-13)25-5/h10-11,14,17,23H,6-9,12H2,1-5H3/t14-,17+,21+/m1/s1. The highest BCUT2D eigenvalue weighted by atomic mass is 16.5.